The zero-order valence-corrected chi connectivity index (χ0v) is 14.6. The van der Waals surface area contributed by atoms with Crippen molar-refractivity contribution in [1.82, 2.24) is 5.32 Å². The molecule has 2 aromatic carbocycles. The Morgan fingerprint density at radius 3 is 2.17 bits per heavy atom. The van der Waals surface area contributed by atoms with Gasteiger partial charge in [-0.1, -0.05) is 56.3 Å². The quantitative estimate of drug-likeness (QED) is 0.868. The van der Waals surface area contributed by atoms with Gasteiger partial charge < -0.3 is 10.1 Å². The Bertz CT molecular complexity index is 688. The van der Waals surface area contributed by atoms with Crippen LogP contribution in [0.4, 0.5) is 0 Å². The summed E-state index contributed by atoms with van der Waals surface area (Å²) >= 11 is 0. The van der Waals surface area contributed by atoms with Gasteiger partial charge in [-0.2, -0.15) is 0 Å². The number of methoxy groups -OCH3 is 1. The third kappa shape index (κ3) is 3.45. The lowest BCUT2D eigenvalue weighted by atomic mass is 9.70. The average molecular weight is 323 g/mol. The molecule has 3 rings (SSSR count). The first-order valence-corrected chi connectivity index (χ1v) is 8.52. The van der Waals surface area contributed by atoms with Crippen molar-refractivity contribution >= 4 is 5.91 Å². The summed E-state index contributed by atoms with van der Waals surface area (Å²) in [4.78, 5) is 12.9. The number of amides is 1. The normalized spacial score (nSPS) is 15.6. The van der Waals surface area contributed by atoms with Gasteiger partial charge in [-0.15, -0.1) is 0 Å². The van der Waals surface area contributed by atoms with E-state index in [0.29, 0.717) is 6.04 Å². The van der Waals surface area contributed by atoms with E-state index >= 15 is 0 Å². The van der Waals surface area contributed by atoms with Crippen LogP contribution in [0.25, 0.3) is 0 Å². The summed E-state index contributed by atoms with van der Waals surface area (Å²) in [5.74, 6) is 0.934. The molecule has 1 atom stereocenters. The number of hydrogen-bond donors (Lipinski definition) is 1. The average Bonchev–Trinajstić information content (AvgIpc) is 3.40. The van der Waals surface area contributed by atoms with Crippen molar-refractivity contribution in [3.8, 4) is 5.75 Å². The number of rotatable bonds is 6. The molecule has 0 aliphatic heterocycles. The molecule has 0 saturated heterocycles. The Morgan fingerprint density at radius 1 is 1.04 bits per heavy atom. The summed E-state index contributed by atoms with van der Waals surface area (Å²) in [6, 6.07) is 18.7. The Balaban J connectivity index is 1.98. The van der Waals surface area contributed by atoms with Gasteiger partial charge in [0.05, 0.1) is 12.5 Å². The van der Waals surface area contributed by atoms with Gasteiger partial charge in [0.2, 0.25) is 5.91 Å². The molecule has 1 fully saturated rings. The molecule has 0 heterocycles. The third-order valence-corrected chi connectivity index (χ3v) is 4.80. The number of hydrogen-bond acceptors (Lipinski definition) is 2. The first kappa shape index (κ1) is 16.6. The molecule has 3 heteroatoms. The molecule has 126 valence electrons. The second-order valence-electron chi connectivity index (χ2n) is 7.09. The van der Waals surface area contributed by atoms with Gasteiger partial charge in [0.25, 0.3) is 0 Å². The lowest BCUT2D eigenvalue weighted by Crippen LogP contribution is -2.42. The maximum absolute atomic E-state index is 12.9. The van der Waals surface area contributed by atoms with E-state index in [1.54, 1.807) is 7.11 Å². The largest absolute Gasteiger partial charge is 0.497 e. The highest BCUT2D eigenvalue weighted by atomic mass is 16.5. The first-order valence-electron chi connectivity index (χ1n) is 8.52. The van der Waals surface area contributed by atoms with Crippen molar-refractivity contribution in [2.45, 2.75) is 38.6 Å². The van der Waals surface area contributed by atoms with Gasteiger partial charge in [-0.25, -0.2) is 0 Å². The summed E-state index contributed by atoms with van der Waals surface area (Å²) in [6.07, 6.45) is 2.20. The Kier molecular flexibility index (Phi) is 4.61. The number of carbonyl (C=O) groups excluding carboxylic acids is 1. The first-order chi connectivity index (χ1) is 11.5. The summed E-state index contributed by atoms with van der Waals surface area (Å²) in [7, 11) is 1.66. The number of nitrogens with one attached hydrogen (secondary N) is 1. The van der Waals surface area contributed by atoms with Gasteiger partial charge in [0.15, 0.2) is 0 Å². The van der Waals surface area contributed by atoms with Crippen LogP contribution in [-0.2, 0) is 4.79 Å². The molecule has 0 unspecified atom stereocenters. The molecule has 1 aliphatic carbocycles. The minimum absolute atomic E-state index is 0.0108. The SMILES string of the molecule is COc1ccc([C@@H](c2ccccc2)C(C)(C)C(=O)NC2CC2)cc1. The topological polar surface area (TPSA) is 38.3 Å². The number of carbonyl (C=O) groups is 1. The predicted molar refractivity (Wildman–Crippen MR) is 96.2 cm³/mol. The molecule has 0 radical (unpaired) electrons. The van der Waals surface area contributed by atoms with Crippen molar-refractivity contribution < 1.29 is 9.53 Å². The molecule has 0 bridgehead atoms. The number of ether oxygens (including phenoxy) is 1. The van der Waals surface area contributed by atoms with Crippen LogP contribution >= 0.6 is 0 Å². The van der Waals surface area contributed by atoms with Crippen molar-refractivity contribution in [2.24, 2.45) is 5.41 Å². The fourth-order valence-electron chi connectivity index (χ4n) is 3.20. The van der Waals surface area contributed by atoms with Crippen LogP contribution in [0, 0.1) is 5.41 Å². The van der Waals surface area contributed by atoms with Crippen molar-refractivity contribution in [2.75, 3.05) is 7.11 Å². The molecule has 1 aliphatic rings. The van der Waals surface area contributed by atoms with E-state index < -0.39 is 5.41 Å². The second-order valence-corrected chi connectivity index (χ2v) is 7.09. The van der Waals surface area contributed by atoms with Crippen molar-refractivity contribution in [1.29, 1.82) is 0 Å². The van der Waals surface area contributed by atoms with E-state index in [1.807, 2.05) is 44.2 Å². The molecular formula is C21H25NO2. The third-order valence-electron chi connectivity index (χ3n) is 4.80. The molecule has 1 N–H and O–H groups in total. The summed E-state index contributed by atoms with van der Waals surface area (Å²) in [5.41, 5.74) is 1.73. The number of benzene rings is 2. The van der Waals surface area contributed by atoms with E-state index in [1.165, 1.54) is 0 Å². The standard InChI is InChI=1S/C21H25NO2/c1-21(2,20(23)22-17-11-12-17)19(15-7-5-4-6-8-15)16-9-13-18(24-3)14-10-16/h4-10,13-14,17,19H,11-12H2,1-3H3,(H,22,23)/t19-/m1/s1. The van der Waals surface area contributed by atoms with Crippen LogP contribution in [0.15, 0.2) is 54.6 Å². The van der Waals surface area contributed by atoms with Crippen molar-refractivity contribution in [3.05, 3.63) is 65.7 Å². The minimum Gasteiger partial charge on any atom is -0.497 e. The highest BCUT2D eigenvalue weighted by Crippen LogP contribution is 2.42. The van der Waals surface area contributed by atoms with Crippen LogP contribution in [0.3, 0.4) is 0 Å². The van der Waals surface area contributed by atoms with E-state index in [9.17, 15) is 4.79 Å². The molecule has 1 amide bonds. The van der Waals surface area contributed by atoms with Crippen molar-refractivity contribution in [3.63, 3.8) is 0 Å². The smallest absolute Gasteiger partial charge is 0.226 e. The van der Waals surface area contributed by atoms with Crippen LogP contribution < -0.4 is 10.1 Å². The summed E-state index contributed by atoms with van der Waals surface area (Å²) in [5, 5.41) is 3.17. The van der Waals surface area contributed by atoms with Crippen LogP contribution in [0.5, 0.6) is 5.75 Å². The zero-order valence-electron chi connectivity index (χ0n) is 14.6. The summed E-state index contributed by atoms with van der Waals surface area (Å²) in [6.45, 7) is 4.07. The van der Waals surface area contributed by atoms with Gasteiger partial charge in [-0.05, 0) is 36.1 Å². The fourth-order valence-corrected chi connectivity index (χ4v) is 3.20. The Hall–Kier alpha value is -2.29. The predicted octanol–water partition coefficient (Wildman–Crippen LogP) is 4.13. The highest BCUT2D eigenvalue weighted by molar-refractivity contribution is 5.84. The fraction of sp³-hybridized carbons (Fsp3) is 0.381. The molecular weight excluding hydrogens is 298 g/mol. The van der Waals surface area contributed by atoms with Gasteiger partial charge in [0, 0.05) is 12.0 Å². The molecule has 0 aromatic heterocycles. The van der Waals surface area contributed by atoms with E-state index in [-0.39, 0.29) is 11.8 Å². The second kappa shape index (κ2) is 6.68. The Labute approximate surface area is 144 Å². The van der Waals surface area contributed by atoms with E-state index in [2.05, 4.69) is 29.6 Å². The lowest BCUT2D eigenvalue weighted by molar-refractivity contribution is -0.130. The summed E-state index contributed by atoms with van der Waals surface area (Å²) < 4.78 is 5.27. The highest BCUT2D eigenvalue weighted by Gasteiger charge is 2.40. The van der Waals surface area contributed by atoms with Gasteiger partial charge in [0.1, 0.15) is 5.75 Å². The van der Waals surface area contributed by atoms with Crippen LogP contribution in [0.2, 0.25) is 0 Å². The van der Waals surface area contributed by atoms with Gasteiger partial charge in [-0.3, -0.25) is 4.79 Å². The Morgan fingerprint density at radius 2 is 1.62 bits per heavy atom. The molecule has 24 heavy (non-hydrogen) atoms. The monoisotopic (exact) mass is 323 g/mol. The molecule has 0 spiro atoms. The van der Waals surface area contributed by atoms with Crippen LogP contribution in [0.1, 0.15) is 43.7 Å². The zero-order chi connectivity index (χ0) is 17.2. The maximum Gasteiger partial charge on any atom is 0.226 e. The minimum atomic E-state index is -0.543. The van der Waals surface area contributed by atoms with Crippen LogP contribution in [-0.4, -0.2) is 19.1 Å². The molecule has 3 nitrogen and oxygen atoms in total. The lowest BCUT2D eigenvalue weighted by Gasteiger charge is -2.34. The van der Waals surface area contributed by atoms with E-state index in [4.69, 9.17) is 4.74 Å². The van der Waals surface area contributed by atoms with Gasteiger partial charge >= 0.3 is 0 Å². The molecule has 1 saturated carbocycles. The van der Waals surface area contributed by atoms with E-state index in [0.717, 1.165) is 29.7 Å². The molecule has 2 aromatic rings. The maximum atomic E-state index is 12.9.